The van der Waals surface area contributed by atoms with E-state index in [-0.39, 0.29) is 23.0 Å². The Bertz CT molecular complexity index is 4390. The number of anilines is 3. The Balaban J connectivity index is 1.06. The number of benzene rings is 9. The Morgan fingerprint density at radius 3 is 1.63 bits per heavy atom. The minimum atomic E-state index is -0.191. The first-order valence-corrected chi connectivity index (χ1v) is 27.5. The molecule has 0 saturated carbocycles. The van der Waals surface area contributed by atoms with E-state index in [0.29, 0.717) is 0 Å². The average molecular weight is 990 g/mol. The van der Waals surface area contributed by atoms with Gasteiger partial charge in [-0.1, -0.05) is 161 Å². The van der Waals surface area contributed by atoms with Crippen molar-refractivity contribution in [3.63, 3.8) is 0 Å². The highest BCUT2D eigenvalue weighted by molar-refractivity contribution is 6.99. The number of hydrogen-bond acceptors (Lipinski definition) is 3. The van der Waals surface area contributed by atoms with Crippen LogP contribution in [0.15, 0.2) is 174 Å². The minimum absolute atomic E-state index is 0.00992. The van der Waals surface area contributed by atoms with Gasteiger partial charge in [0.25, 0.3) is 6.71 Å². The molecule has 0 aliphatic carbocycles. The second-order valence-corrected chi connectivity index (χ2v) is 24.8. The molecule has 0 amide bonds. The maximum Gasteiger partial charge on any atom is 0.256 e. The molecule has 6 heteroatoms. The van der Waals surface area contributed by atoms with Crippen molar-refractivity contribution in [1.82, 2.24) is 9.13 Å². The Morgan fingerprint density at radius 2 is 1.01 bits per heavy atom. The van der Waals surface area contributed by atoms with Crippen molar-refractivity contribution < 1.29 is 9.15 Å². The van der Waals surface area contributed by atoms with Crippen LogP contribution in [0, 0.1) is 0 Å². The van der Waals surface area contributed by atoms with Crippen molar-refractivity contribution in [2.75, 3.05) is 4.90 Å². The lowest BCUT2D eigenvalue weighted by Crippen LogP contribution is -2.59. The zero-order chi connectivity index (χ0) is 52.2. The Hall–Kier alpha value is -7.96. The van der Waals surface area contributed by atoms with E-state index in [0.717, 1.165) is 80.9 Å². The molecule has 0 N–H and O–H groups in total. The molecular formula is C70H64BN3O2. The third-order valence-corrected chi connectivity index (χ3v) is 16.8. The van der Waals surface area contributed by atoms with Gasteiger partial charge >= 0.3 is 0 Å². The van der Waals surface area contributed by atoms with Crippen molar-refractivity contribution in [2.45, 2.75) is 105 Å². The fraction of sp³-hybridized carbons (Fsp3) is 0.229. The van der Waals surface area contributed by atoms with E-state index in [9.17, 15) is 0 Å². The van der Waals surface area contributed by atoms with Crippen LogP contribution in [-0.4, -0.2) is 15.8 Å². The zero-order valence-electron chi connectivity index (χ0n) is 45.5. The second kappa shape index (κ2) is 16.5. The van der Waals surface area contributed by atoms with Crippen molar-refractivity contribution in [3.8, 4) is 22.9 Å². The molecule has 3 aromatic heterocycles. The first-order chi connectivity index (χ1) is 36.5. The van der Waals surface area contributed by atoms with Gasteiger partial charge in [-0.3, -0.25) is 0 Å². The van der Waals surface area contributed by atoms with E-state index in [4.69, 9.17) is 9.15 Å². The van der Waals surface area contributed by atoms with Crippen LogP contribution in [0.4, 0.5) is 17.1 Å². The summed E-state index contributed by atoms with van der Waals surface area (Å²) in [6.07, 6.45) is 3.09. The van der Waals surface area contributed by atoms with Gasteiger partial charge in [0.05, 0.1) is 33.1 Å². The first kappa shape index (κ1) is 46.6. The van der Waals surface area contributed by atoms with Crippen molar-refractivity contribution in [3.05, 3.63) is 192 Å². The van der Waals surface area contributed by atoms with Crippen molar-refractivity contribution in [1.29, 1.82) is 0 Å². The largest absolute Gasteiger partial charge is 0.458 e. The summed E-state index contributed by atoms with van der Waals surface area (Å²) in [7, 11) is 0. The topological polar surface area (TPSA) is 35.5 Å². The van der Waals surface area contributed by atoms with E-state index in [1.807, 2.05) is 0 Å². The number of rotatable bonds is 6. The van der Waals surface area contributed by atoms with Crippen LogP contribution in [0.3, 0.4) is 0 Å². The van der Waals surface area contributed by atoms with Crippen LogP contribution in [0.1, 0.15) is 104 Å². The molecule has 14 rings (SSSR count). The third-order valence-electron chi connectivity index (χ3n) is 16.8. The standard InChI is InChI=1S/C70H64BN3O2/c1-11-12-19-42-26-35-62-65(50-22-15-18-25-61(50)75-62)67(42)74-59-40-46(72-55-23-16-13-20-48(55)51-36-43(68(2,3)4)27-33-57(51)72)29-31-53(59)71-54-32-30-47(41-63(54)76-64-39-45(70(8,9)10)38-60(74)66(64)71)73-56-24-17-14-21-49(56)52-37-44(69(5,6)7)28-34-58(52)73/h13-18,20-41H,11-12,19H2,1-10H3. The highest BCUT2D eigenvalue weighted by atomic mass is 16.5. The summed E-state index contributed by atoms with van der Waals surface area (Å²) >= 11 is 0. The molecule has 12 aromatic rings. The summed E-state index contributed by atoms with van der Waals surface area (Å²) in [6.45, 7) is 23.0. The summed E-state index contributed by atoms with van der Waals surface area (Å²) in [5.74, 6) is 1.79. The second-order valence-electron chi connectivity index (χ2n) is 24.8. The summed E-state index contributed by atoms with van der Waals surface area (Å²) in [5.41, 5.74) is 20.9. The Kier molecular flexibility index (Phi) is 10.1. The van der Waals surface area contributed by atoms with E-state index in [1.54, 1.807) is 0 Å². The number of aryl methyl sites for hydroxylation is 1. The predicted molar refractivity (Wildman–Crippen MR) is 323 cm³/mol. The van der Waals surface area contributed by atoms with Crippen LogP contribution in [0.25, 0.3) is 76.9 Å². The first-order valence-electron chi connectivity index (χ1n) is 27.5. The van der Waals surface area contributed by atoms with Gasteiger partial charge in [0, 0.05) is 55.7 Å². The normalized spacial score (nSPS) is 13.6. The van der Waals surface area contributed by atoms with Crippen LogP contribution in [0.5, 0.6) is 11.5 Å². The molecule has 5 nitrogen and oxygen atoms in total. The van der Waals surface area contributed by atoms with Crippen molar-refractivity contribution in [2.24, 2.45) is 0 Å². The highest BCUT2D eigenvalue weighted by Gasteiger charge is 2.44. The van der Waals surface area contributed by atoms with Crippen molar-refractivity contribution >= 4 is 106 Å². The van der Waals surface area contributed by atoms with Crippen LogP contribution < -0.4 is 26.0 Å². The number of ether oxygens (including phenoxy) is 1. The zero-order valence-corrected chi connectivity index (χ0v) is 45.5. The van der Waals surface area contributed by atoms with Gasteiger partial charge in [0.2, 0.25) is 0 Å². The predicted octanol–water partition coefficient (Wildman–Crippen LogP) is 17.4. The molecule has 0 unspecified atom stereocenters. The number of para-hydroxylation sites is 3. The summed E-state index contributed by atoms with van der Waals surface area (Å²) in [6, 6.07) is 64.1. The number of furan rings is 1. The smallest absolute Gasteiger partial charge is 0.256 e. The molecule has 2 aliphatic rings. The minimum Gasteiger partial charge on any atom is -0.458 e. The Labute approximate surface area is 446 Å². The maximum atomic E-state index is 7.47. The van der Waals surface area contributed by atoms with E-state index >= 15 is 0 Å². The molecule has 0 radical (unpaired) electrons. The van der Waals surface area contributed by atoms with E-state index < -0.39 is 0 Å². The molecule has 0 fully saturated rings. The number of fused-ring (bicyclic) bond motifs is 13. The molecule has 374 valence electrons. The van der Waals surface area contributed by atoms with Crippen LogP contribution >= 0.6 is 0 Å². The van der Waals surface area contributed by atoms with Gasteiger partial charge in [-0.25, -0.2) is 0 Å². The molecule has 2 aliphatic heterocycles. The maximum absolute atomic E-state index is 7.47. The molecule has 9 aromatic carbocycles. The van der Waals surface area contributed by atoms with Crippen LogP contribution in [0.2, 0.25) is 0 Å². The molecule has 5 heterocycles. The fourth-order valence-electron chi connectivity index (χ4n) is 12.8. The monoisotopic (exact) mass is 990 g/mol. The molecular weight excluding hydrogens is 926 g/mol. The van der Waals surface area contributed by atoms with Gasteiger partial charge < -0.3 is 23.2 Å². The summed E-state index contributed by atoms with van der Waals surface area (Å²) in [4.78, 5) is 2.62. The highest BCUT2D eigenvalue weighted by Crippen LogP contribution is 2.50. The molecule has 0 spiro atoms. The van der Waals surface area contributed by atoms with Gasteiger partial charge in [0.1, 0.15) is 22.7 Å². The van der Waals surface area contributed by atoms with Gasteiger partial charge in [-0.05, 0) is 147 Å². The number of nitrogens with zero attached hydrogens (tertiary/aromatic N) is 3. The molecule has 76 heavy (non-hydrogen) atoms. The molecule has 0 atom stereocenters. The lowest BCUT2D eigenvalue weighted by Gasteiger charge is -2.42. The van der Waals surface area contributed by atoms with E-state index in [1.165, 1.54) is 82.5 Å². The van der Waals surface area contributed by atoms with Gasteiger partial charge in [0.15, 0.2) is 0 Å². The number of aromatic nitrogens is 2. The summed E-state index contributed by atoms with van der Waals surface area (Å²) in [5, 5.41) is 7.30. The molecule has 0 saturated heterocycles. The fourth-order valence-corrected chi connectivity index (χ4v) is 12.8. The number of hydrogen-bond donors (Lipinski definition) is 0. The third kappa shape index (κ3) is 6.98. The van der Waals surface area contributed by atoms with Crippen LogP contribution in [-0.2, 0) is 22.7 Å². The molecule has 0 bridgehead atoms. The van der Waals surface area contributed by atoms with Gasteiger partial charge in [-0.15, -0.1) is 0 Å². The SMILES string of the molecule is CCCCc1ccc2oc3ccccc3c2c1N1c2cc(-n3c4ccccc4c4cc(C(C)(C)C)ccc43)ccc2B2c3ccc(-n4c5ccccc5c5cc(C(C)(C)C)ccc54)cc3Oc3cc(C(C)(C)C)cc1c32. The Morgan fingerprint density at radius 1 is 0.447 bits per heavy atom. The quantitative estimate of drug-likeness (QED) is 0.156. The lowest BCUT2D eigenvalue weighted by atomic mass is 9.34. The van der Waals surface area contributed by atoms with E-state index in [2.05, 4.69) is 253 Å². The average Bonchev–Trinajstić information content (AvgIpc) is 4.08. The number of unbranched alkanes of at least 4 members (excludes halogenated alkanes) is 1. The van der Waals surface area contributed by atoms with Gasteiger partial charge in [-0.2, -0.15) is 0 Å². The summed E-state index contributed by atoms with van der Waals surface area (Å²) < 4.78 is 19.2. The lowest BCUT2D eigenvalue weighted by molar-refractivity contribution is 0.483.